The van der Waals surface area contributed by atoms with Crippen molar-refractivity contribution in [3.05, 3.63) is 41.2 Å². The maximum Gasteiger partial charge on any atom is 0.235 e. The van der Waals surface area contributed by atoms with Crippen LogP contribution in [0.2, 0.25) is 0 Å². The van der Waals surface area contributed by atoms with Gasteiger partial charge in [-0.25, -0.2) is 0 Å². The van der Waals surface area contributed by atoms with Gasteiger partial charge in [-0.3, -0.25) is 28.9 Å². The van der Waals surface area contributed by atoms with E-state index in [0.717, 1.165) is 25.0 Å². The number of carbonyl (C=O) groups excluding carboxylic acids is 5. The first kappa shape index (κ1) is 27.0. The number of amides is 1. The van der Waals surface area contributed by atoms with Crippen molar-refractivity contribution in [1.82, 2.24) is 4.90 Å². The van der Waals surface area contributed by atoms with Crippen LogP contribution in [-0.2, 0) is 32.0 Å². The number of nitrogens with two attached hydrogens (primary N) is 1. The number of Topliss-reactive ketones (excluding diaryl/α,β-unsaturated/α-hetero) is 4. The average molecular weight is 537 g/mol. The second kappa shape index (κ2) is 9.53. The number of fused-ring (bicyclic) bond motifs is 3. The van der Waals surface area contributed by atoms with Crippen LogP contribution in [0, 0.1) is 23.7 Å². The first-order valence-electron chi connectivity index (χ1n) is 13.2. The van der Waals surface area contributed by atoms with Gasteiger partial charge >= 0.3 is 0 Å². The Hall–Kier alpha value is -3.63. The molecular formula is C29H32N2O8. The first-order valence-corrected chi connectivity index (χ1v) is 13.2. The number of nitrogens with zero attached hydrogens (tertiary/aromatic N) is 1. The number of hydrogen-bond acceptors (Lipinski definition) is 9. The number of hydrogen-bond donors (Lipinski definition) is 3. The van der Waals surface area contributed by atoms with Gasteiger partial charge in [0, 0.05) is 17.9 Å². The van der Waals surface area contributed by atoms with Crippen LogP contribution in [0.4, 0.5) is 0 Å². The van der Waals surface area contributed by atoms with Gasteiger partial charge < -0.3 is 20.4 Å². The monoisotopic (exact) mass is 536 g/mol. The summed E-state index contributed by atoms with van der Waals surface area (Å²) in [7, 11) is 3.11. The van der Waals surface area contributed by atoms with E-state index in [0.29, 0.717) is 16.9 Å². The number of phenolic OH excluding ortho intramolecular Hbond substituents is 1. The minimum absolute atomic E-state index is 0.00110. The fourth-order valence-corrected chi connectivity index (χ4v) is 6.84. The van der Waals surface area contributed by atoms with E-state index in [9.17, 15) is 34.2 Å². The number of likely N-dealkylation sites (N-methyl/N-ethyl adjacent to an activating group) is 1. The van der Waals surface area contributed by atoms with Gasteiger partial charge in [-0.1, -0.05) is 13.3 Å². The third-order valence-corrected chi connectivity index (χ3v) is 8.65. The van der Waals surface area contributed by atoms with Crippen molar-refractivity contribution in [2.45, 2.75) is 50.7 Å². The summed E-state index contributed by atoms with van der Waals surface area (Å²) in [6.07, 6.45) is 2.90. The minimum atomic E-state index is -2.74. The molecule has 3 unspecified atom stereocenters. The largest absolute Gasteiger partial charge is 0.507 e. The maximum absolute atomic E-state index is 13.9. The fraction of sp³-hybridized carbons (Fsp3) is 0.483. The van der Waals surface area contributed by atoms with Crippen molar-refractivity contribution in [3.63, 3.8) is 0 Å². The molecule has 0 aliphatic heterocycles. The van der Waals surface area contributed by atoms with Crippen molar-refractivity contribution < 1.29 is 38.6 Å². The van der Waals surface area contributed by atoms with Crippen molar-refractivity contribution in [1.29, 1.82) is 0 Å². The Labute approximate surface area is 225 Å². The van der Waals surface area contributed by atoms with Gasteiger partial charge in [-0.15, -0.1) is 0 Å². The molecule has 1 aromatic heterocycles. The van der Waals surface area contributed by atoms with Crippen molar-refractivity contribution in [2.24, 2.45) is 29.4 Å². The van der Waals surface area contributed by atoms with Gasteiger partial charge in [0.1, 0.15) is 17.3 Å². The fourth-order valence-electron chi connectivity index (χ4n) is 6.84. The van der Waals surface area contributed by atoms with E-state index in [-0.39, 0.29) is 24.2 Å². The Bertz CT molecular complexity index is 1410. The predicted molar refractivity (Wildman–Crippen MR) is 138 cm³/mol. The van der Waals surface area contributed by atoms with E-state index < -0.39 is 64.4 Å². The van der Waals surface area contributed by atoms with Crippen molar-refractivity contribution in [3.8, 4) is 17.1 Å². The number of ketones is 4. The zero-order valence-corrected chi connectivity index (χ0v) is 22.1. The molecule has 10 heteroatoms. The highest BCUT2D eigenvalue weighted by molar-refractivity contribution is 6.32. The van der Waals surface area contributed by atoms with Gasteiger partial charge in [0.25, 0.3) is 0 Å². The zero-order valence-electron chi connectivity index (χ0n) is 22.1. The molecule has 0 saturated heterocycles. The molecule has 0 radical (unpaired) electrons. The summed E-state index contributed by atoms with van der Waals surface area (Å²) in [6.45, 7) is 2.08. The number of phenols is 1. The molecule has 4 N–H and O–H groups in total. The van der Waals surface area contributed by atoms with E-state index in [2.05, 4.69) is 6.92 Å². The van der Waals surface area contributed by atoms with Crippen LogP contribution >= 0.6 is 0 Å². The molecular weight excluding hydrogens is 504 g/mol. The summed E-state index contributed by atoms with van der Waals surface area (Å²) >= 11 is 0. The SMILES string of the molecule is CCCCc1ccc(-c2ccc(O)c3c2C[C@@H]2C[C@@H]4C(N(C)C)C(=O)C(C(N)=O)C(=O)[C@]4(O)C(=O)C2C3=O)o1. The molecule has 206 valence electrons. The molecule has 2 aromatic rings. The number of furan rings is 1. The second-order valence-corrected chi connectivity index (χ2v) is 11.1. The summed E-state index contributed by atoms with van der Waals surface area (Å²) in [6, 6.07) is 5.57. The van der Waals surface area contributed by atoms with Gasteiger partial charge in [0.2, 0.25) is 5.91 Å². The average Bonchev–Trinajstić information content (AvgIpc) is 3.33. The van der Waals surface area contributed by atoms with Crippen molar-refractivity contribution >= 4 is 29.0 Å². The molecule has 39 heavy (non-hydrogen) atoms. The summed E-state index contributed by atoms with van der Waals surface area (Å²) < 4.78 is 6.04. The minimum Gasteiger partial charge on any atom is -0.507 e. The molecule has 10 nitrogen and oxygen atoms in total. The van der Waals surface area contributed by atoms with E-state index in [1.54, 1.807) is 20.2 Å². The third-order valence-electron chi connectivity index (χ3n) is 8.65. The number of aryl methyl sites for hydroxylation is 1. The topological polar surface area (TPSA) is 168 Å². The number of aromatic hydroxyl groups is 1. The molecule has 2 fully saturated rings. The highest BCUT2D eigenvalue weighted by Gasteiger charge is 2.69. The summed E-state index contributed by atoms with van der Waals surface area (Å²) in [4.78, 5) is 67.8. The number of unbranched alkanes of at least 4 members (excludes halogenated alkanes) is 1. The van der Waals surface area contributed by atoms with Crippen LogP contribution in [0.1, 0.15) is 47.9 Å². The Morgan fingerprint density at radius 1 is 1.13 bits per heavy atom. The number of aliphatic hydroxyl groups is 1. The first-order chi connectivity index (χ1) is 18.4. The molecule has 6 atom stereocenters. The summed E-state index contributed by atoms with van der Waals surface area (Å²) in [5.74, 6) is -9.30. The Kier molecular flexibility index (Phi) is 6.59. The predicted octanol–water partition coefficient (Wildman–Crippen LogP) is 1.47. The van der Waals surface area contributed by atoms with Crippen LogP contribution in [0.25, 0.3) is 11.3 Å². The molecule has 3 aliphatic rings. The molecule has 0 bridgehead atoms. The number of carbonyl (C=O) groups is 5. The Balaban J connectivity index is 1.61. The molecule has 3 aliphatic carbocycles. The maximum atomic E-state index is 13.9. The zero-order chi connectivity index (χ0) is 28.4. The lowest BCUT2D eigenvalue weighted by atomic mass is 9.52. The Morgan fingerprint density at radius 2 is 1.85 bits per heavy atom. The van der Waals surface area contributed by atoms with Gasteiger partial charge in [-0.2, -0.15) is 0 Å². The van der Waals surface area contributed by atoms with Crippen LogP contribution < -0.4 is 5.73 Å². The number of primary amides is 1. The smallest absolute Gasteiger partial charge is 0.235 e. The van der Waals surface area contributed by atoms with Gasteiger partial charge in [0.15, 0.2) is 34.7 Å². The standard InChI is InChI=1S/C29H32N2O8/c1-4-5-6-14-7-10-19(39-14)15-8-9-18(32)21-16(15)11-13-12-17-23(31(2)3)25(34)22(28(30)37)27(36)29(17,38)26(35)20(13)24(21)33/h7-10,13,17,20,22-23,32,38H,4-6,11-12H2,1-3H3,(H2,30,37)/t13-,17-,20?,22?,23?,29-/m1/s1. The van der Waals surface area contributed by atoms with Crippen LogP contribution in [-0.4, -0.2) is 69.9 Å². The van der Waals surface area contributed by atoms with Crippen LogP contribution in [0.3, 0.4) is 0 Å². The number of rotatable bonds is 6. The van der Waals surface area contributed by atoms with Crippen molar-refractivity contribution in [2.75, 3.05) is 14.1 Å². The highest BCUT2D eigenvalue weighted by Crippen LogP contribution is 2.51. The summed E-state index contributed by atoms with van der Waals surface area (Å²) in [5.41, 5.74) is 3.69. The normalized spacial score (nSPS) is 30.2. The molecule has 1 amide bonds. The van der Waals surface area contributed by atoms with Gasteiger partial charge in [0.05, 0.1) is 17.5 Å². The van der Waals surface area contributed by atoms with Gasteiger partial charge in [-0.05, 0) is 69.1 Å². The lowest BCUT2D eigenvalue weighted by molar-refractivity contribution is -0.181. The molecule has 1 heterocycles. The lowest BCUT2D eigenvalue weighted by Crippen LogP contribution is -2.74. The molecule has 0 spiro atoms. The van der Waals surface area contributed by atoms with E-state index >= 15 is 0 Å². The molecule has 2 saturated carbocycles. The summed E-state index contributed by atoms with van der Waals surface area (Å²) in [5, 5.41) is 22.4. The second-order valence-electron chi connectivity index (χ2n) is 11.1. The van der Waals surface area contributed by atoms with Crippen LogP contribution in [0.15, 0.2) is 28.7 Å². The number of benzene rings is 1. The highest BCUT2D eigenvalue weighted by atomic mass is 16.3. The quantitative estimate of drug-likeness (QED) is 0.463. The molecule has 5 rings (SSSR count). The molecule has 1 aromatic carbocycles. The Morgan fingerprint density at radius 3 is 2.49 bits per heavy atom. The third kappa shape index (κ3) is 3.88. The van der Waals surface area contributed by atoms with E-state index in [4.69, 9.17) is 10.2 Å². The van der Waals surface area contributed by atoms with E-state index in [1.807, 2.05) is 12.1 Å². The van der Waals surface area contributed by atoms with E-state index in [1.165, 1.54) is 11.0 Å². The lowest BCUT2D eigenvalue weighted by Gasteiger charge is -2.52. The van der Waals surface area contributed by atoms with Crippen LogP contribution in [0.5, 0.6) is 5.75 Å².